The van der Waals surface area contributed by atoms with Crippen LogP contribution in [0.25, 0.3) is 0 Å². The maximum Gasteiger partial charge on any atom is 0.454 e. The maximum absolute atomic E-state index is 11.9. The van der Waals surface area contributed by atoms with Gasteiger partial charge in [-0.05, 0) is 0 Å². The molecular formula is C7H8F3NO2. The Morgan fingerprint density at radius 3 is 2.62 bits per heavy atom. The Labute approximate surface area is 72.6 Å². The molecule has 13 heavy (non-hydrogen) atoms. The summed E-state index contributed by atoms with van der Waals surface area (Å²) in [6, 6.07) is 0. The van der Waals surface area contributed by atoms with Crippen molar-refractivity contribution in [2.45, 2.75) is 12.6 Å². The second-order valence-corrected chi connectivity index (χ2v) is 2.48. The molecule has 6 heteroatoms. The highest BCUT2D eigenvalue weighted by Crippen LogP contribution is 2.27. The van der Waals surface area contributed by atoms with Crippen molar-refractivity contribution in [3.05, 3.63) is 11.5 Å². The summed E-state index contributed by atoms with van der Waals surface area (Å²) in [5.74, 6) is -1.89. The second-order valence-electron chi connectivity index (χ2n) is 2.48. The third kappa shape index (κ3) is 1.93. The molecule has 1 rings (SSSR count). The van der Waals surface area contributed by atoms with Crippen LogP contribution >= 0.6 is 0 Å². The van der Waals surface area contributed by atoms with E-state index in [1.165, 1.54) is 7.05 Å². The molecule has 0 aromatic carbocycles. The van der Waals surface area contributed by atoms with Crippen LogP contribution in [0, 0.1) is 0 Å². The number of carbonyl (C=O) groups excluding carboxylic acids is 1. The van der Waals surface area contributed by atoms with Crippen molar-refractivity contribution in [2.75, 3.05) is 13.7 Å². The maximum atomic E-state index is 11.9. The van der Waals surface area contributed by atoms with Gasteiger partial charge in [-0.1, -0.05) is 0 Å². The molecule has 3 nitrogen and oxygen atoms in total. The van der Waals surface area contributed by atoms with Gasteiger partial charge in [0.2, 0.25) is 0 Å². The molecule has 0 aliphatic carbocycles. The summed E-state index contributed by atoms with van der Waals surface area (Å²) >= 11 is 0. The zero-order valence-electron chi connectivity index (χ0n) is 6.86. The van der Waals surface area contributed by atoms with Gasteiger partial charge in [-0.15, -0.1) is 0 Å². The molecule has 0 aromatic heterocycles. The Morgan fingerprint density at radius 2 is 2.15 bits per heavy atom. The van der Waals surface area contributed by atoms with Crippen LogP contribution in [0.15, 0.2) is 11.5 Å². The van der Waals surface area contributed by atoms with Gasteiger partial charge in [-0.25, -0.2) is 0 Å². The number of alkyl halides is 3. The summed E-state index contributed by atoms with van der Waals surface area (Å²) in [6.07, 6.45) is -4.81. The number of rotatable bonds is 2. The van der Waals surface area contributed by atoms with Gasteiger partial charge in [-0.2, -0.15) is 13.2 Å². The summed E-state index contributed by atoms with van der Waals surface area (Å²) < 4.78 is 40.6. The lowest BCUT2D eigenvalue weighted by Crippen LogP contribution is -2.26. The molecule has 0 spiro atoms. The average Bonchev–Trinajstić information content (AvgIpc) is 2.48. The number of carbonyl (C=O) groups is 1. The van der Waals surface area contributed by atoms with Gasteiger partial charge in [0, 0.05) is 13.5 Å². The van der Waals surface area contributed by atoms with Gasteiger partial charge in [-0.3, -0.25) is 4.79 Å². The van der Waals surface area contributed by atoms with Crippen molar-refractivity contribution >= 4 is 5.78 Å². The summed E-state index contributed by atoms with van der Waals surface area (Å²) in [7, 11) is 1.41. The van der Waals surface area contributed by atoms with Crippen LogP contribution in [0.5, 0.6) is 0 Å². The Morgan fingerprint density at radius 1 is 1.54 bits per heavy atom. The molecule has 0 atom stereocenters. The van der Waals surface area contributed by atoms with E-state index in [4.69, 9.17) is 4.74 Å². The van der Waals surface area contributed by atoms with Gasteiger partial charge >= 0.3 is 6.18 Å². The fourth-order valence-corrected chi connectivity index (χ4v) is 1.07. The van der Waals surface area contributed by atoms with Crippen LogP contribution < -0.4 is 5.32 Å². The SMILES string of the molecule is CNC1=C(C(=O)C(F)(F)F)CCO1. The topological polar surface area (TPSA) is 38.3 Å². The van der Waals surface area contributed by atoms with Gasteiger partial charge < -0.3 is 10.1 Å². The fourth-order valence-electron chi connectivity index (χ4n) is 1.07. The van der Waals surface area contributed by atoms with Gasteiger partial charge in [0.15, 0.2) is 5.88 Å². The number of hydrogen-bond donors (Lipinski definition) is 1. The lowest BCUT2D eigenvalue weighted by atomic mass is 10.1. The Kier molecular flexibility index (Phi) is 2.49. The van der Waals surface area contributed by atoms with Crippen molar-refractivity contribution < 1.29 is 22.7 Å². The second kappa shape index (κ2) is 3.27. The molecule has 0 aromatic rings. The molecule has 0 bridgehead atoms. The summed E-state index contributed by atoms with van der Waals surface area (Å²) in [5.41, 5.74) is -0.324. The number of hydrogen-bond acceptors (Lipinski definition) is 3. The molecule has 0 saturated heterocycles. The first kappa shape index (κ1) is 9.88. The van der Waals surface area contributed by atoms with E-state index in [2.05, 4.69) is 5.32 Å². The van der Waals surface area contributed by atoms with Gasteiger partial charge in [0.1, 0.15) is 0 Å². The molecule has 0 fully saturated rings. The van der Waals surface area contributed by atoms with E-state index in [1.54, 1.807) is 0 Å². The molecule has 0 radical (unpaired) electrons. The minimum atomic E-state index is -4.81. The molecule has 74 valence electrons. The van der Waals surface area contributed by atoms with Crippen LogP contribution in [0.4, 0.5) is 13.2 Å². The van der Waals surface area contributed by atoms with E-state index < -0.39 is 12.0 Å². The number of ether oxygens (including phenoxy) is 1. The van der Waals surface area contributed by atoms with Gasteiger partial charge in [0.25, 0.3) is 5.78 Å². The van der Waals surface area contributed by atoms with Crippen molar-refractivity contribution in [3.8, 4) is 0 Å². The van der Waals surface area contributed by atoms with E-state index in [0.29, 0.717) is 0 Å². The average molecular weight is 195 g/mol. The summed E-state index contributed by atoms with van der Waals surface area (Å²) in [6.45, 7) is 0.118. The van der Waals surface area contributed by atoms with E-state index in [1.807, 2.05) is 0 Å². The normalized spacial score (nSPS) is 17.2. The van der Waals surface area contributed by atoms with Crippen LogP contribution in [0.2, 0.25) is 0 Å². The number of halogens is 3. The minimum absolute atomic E-state index is 0.00845. The minimum Gasteiger partial charge on any atom is -0.479 e. The Hall–Kier alpha value is -1.20. The molecule has 1 N–H and O–H groups in total. The zero-order valence-corrected chi connectivity index (χ0v) is 6.86. The molecule has 1 aliphatic rings. The summed E-state index contributed by atoms with van der Waals surface area (Å²) in [5, 5.41) is 2.40. The third-order valence-corrected chi connectivity index (χ3v) is 1.63. The lowest BCUT2D eigenvalue weighted by molar-refractivity contribution is -0.166. The van der Waals surface area contributed by atoms with E-state index in [9.17, 15) is 18.0 Å². The van der Waals surface area contributed by atoms with Crippen LogP contribution in [-0.2, 0) is 9.53 Å². The first-order valence-corrected chi connectivity index (χ1v) is 3.62. The van der Waals surface area contributed by atoms with E-state index in [-0.39, 0.29) is 24.5 Å². The van der Waals surface area contributed by atoms with Crippen molar-refractivity contribution in [1.29, 1.82) is 0 Å². The zero-order chi connectivity index (χ0) is 10.1. The first-order valence-electron chi connectivity index (χ1n) is 3.62. The van der Waals surface area contributed by atoms with Crippen molar-refractivity contribution in [3.63, 3.8) is 0 Å². The largest absolute Gasteiger partial charge is 0.479 e. The molecular weight excluding hydrogens is 187 g/mol. The number of nitrogens with one attached hydrogen (secondary N) is 1. The number of ketones is 1. The predicted molar refractivity (Wildman–Crippen MR) is 37.7 cm³/mol. The highest BCUT2D eigenvalue weighted by Gasteiger charge is 2.43. The molecule has 0 unspecified atom stereocenters. The van der Waals surface area contributed by atoms with Crippen LogP contribution in [0.3, 0.4) is 0 Å². The fraction of sp³-hybridized carbons (Fsp3) is 0.571. The number of Topliss-reactive ketones (excluding diaryl/α,β-unsaturated/α-hetero) is 1. The van der Waals surface area contributed by atoms with E-state index in [0.717, 1.165) is 0 Å². The molecule has 0 saturated carbocycles. The third-order valence-electron chi connectivity index (χ3n) is 1.63. The van der Waals surface area contributed by atoms with Crippen molar-refractivity contribution in [2.24, 2.45) is 0 Å². The van der Waals surface area contributed by atoms with Gasteiger partial charge in [0.05, 0.1) is 12.2 Å². The van der Waals surface area contributed by atoms with Crippen LogP contribution in [0.1, 0.15) is 6.42 Å². The lowest BCUT2D eigenvalue weighted by Gasteiger charge is -2.06. The molecule has 1 aliphatic heterocycles. The summed E-state index contributed by atoms with van der Waals surface area (Å²) in [4.78, 5) is 10.7. The van der Waals surface area contributed by atoms with E-state index >= 15 is 0 Å². The smallest absolute Gasteiger partial charge is 0.454 e. The predicted octanol–water partition coefficient (Wildman–Crippen LogP) is 0.969. The van der Waals surface area contributed by atoms with Crippen molar-refractivity contribution in [1.82, 2.24) is 5.32 Å². The Bertz CT molecular complexity index is 257. The monoisotopic (exact) mass is 195 g/mol. The highest BCUT2D eigenvalue weighted by atomic mass is 19.4. The molecule has 0 amide bonds. The standard InChI is InChI=1S/C7H8F3NO2/c1-11-6-4(2-3-13-6)5(12)7(8,9)10/h11H,2-3H2,1H3. The van der Waals surface area contributed by atoms with Crippen LogP contribution in [-0.4, -0.2) is 25.6 Å². The Balaban J connectivity index is 2.88. The molecule has 1 heterocycles. The highest BCUT2D eigenvalue weighted by molar-refractivity contribution is 6.00. The first-order chi connectivity index (χ1) is 5.96. The quantitative estimate of drug-likeness (QED) is 0.713.